The molecule has 0 amide bonds. The lowest BCUT2D eigenvalue weighted by Crippen LogP contribution is -1.89. The van der Waals surface area contributed by atoms with Crippen molar-refractivity contribution in [3.63, 3.8) is 0 Å². The molecule has 54 valence electrons. The van der Waals surface area contributed by atoms with Gasteiger partial charge in [-0.1, -0.05) is 0 Å². The third-order valence-electron chi connectivity index (χ3n) is 0.993. The highest BCUT2D eigenvalue weighted by Gasteiger charge is 1.91. The van der Waals surface area contributed by atoms with Gasteiger partial charge in [0.1, 0.15) is 5.82 Å². The molecule has 0 fully saturated rings. The summed E-state index contributed by atoms with van der Waals surface area (Å²) in [6.07, 6.45) is 0. The molecule has 0 unspecified atom stereocenters. The molecule has 10 heavy (non-hydrogen) atoms. The monoisotopic (exact) mass is 142 g/mol. The molecule has 0 saturated heterocycles. The number of halogens is 1. The molecule has 0 heterocycles. The summed E-state index contributed by atoms with van der Waals surface area (Å²) in [6.45, 7) is 0. The summed E-state index contributed by atoms with van der Waals surface area (Å²) in [5.41, 5.74) is 0. The van der Waals surface area contributed by atoms with E-state index in [1.54, 1.807) is 0 Å². The van der Waals surface area contributed by atoms with Crippen LogP contribution in [0.1, 0.15) is 0 Å². The third-order valence-corrected chi connectivity index (χ3v) is 0.993. The van der Waals surface area contributed by atoms with E-state index in [0.717, 1.165) is 0 Å². The Morgan fingerprint density at radius 2 is 1.80 bits per heavy atom. The number of benzene rings is 1. The number of hydrogen-bond acceptors (Lipinski definition) is 2. The largest absolute Gasteiger partial charge is 0.338 e. The molecule has 2 nitrogen and oxygen atoms in total. The van der Waals surface area contributed by atoms with E-state index >= 15 is 0 Å². The van der Waals surface area contributed by atoms with Crippen LogP contribution in [0.2, 0.25) is 0 Å². The highest BCUT2D eigenvalue weighted by molar-refractivity contribution is 5.21. The van der Waals surface area contributed by atoms with Gasteiger partial charge in [-0.05, 0) is 24.3 Å². The van der Waals surface area contributed by atoms with Gasteiger partial charge in [0.15, 0.2) is 5.75 Å². The van der Waals surface area contributed by atoms with E-state index in [-0.39, 0.29) is 5.82 Å². The fraction of sp³-hybridized carbons (Fsp3) is 0.143. The zero-order chi connectivity index (χ0) is 7.40. The zero-order valence-corrected chi connectivity index (χ0v) is 5.50. The van der Waals surface area contributed by atoms with E-state index < -0.39 is 0 Å². The highest BCUT2D eigenvalue weighted by atomic mass is 19.1. The minimum Gasteiger partial charge on any atom is -0.338 e. The summed E-state index contributed by atoms with van der Waals surface area (Å²) in [6, 6.07) is 5.57. The quantitative estimate of drug-likeness (QED) is 0.462. The van der Waals surface area contributed by atoms with Crippen LogP contribution >= 0.6 is 0 Å². The van der Waals surface area contributed by atoms with Gasteiger partial charge < -0.3 is 4.89 Å². The molecule has 0 atom stereocenters. The molecule has 0 aliphatic heterocycles. The Morgan fingerprint density at radius 3 is 2.30 bits per heavy atom. The van der Waals surface area contributed by atoms with Crippen molar-refractivity contribution in [1.82, 2.24) is 0 Å². The molecule has 1 aromatic rings. The standard InChI is InChI=1S/C7H7FO2/c1-9-10-7-4-2-6(8)3-5-7/h2-5H,1H3. The molecule has 1 rings (SSSR count). The van der Waals surface area contributed by atoms with E-state index in [1.807, 2.05) is 0 Å². The van der Waals surface area contributed by atoms with Crippen molar-refractivity contribution in [1.29, 1.82) is 0 Å². The predicted molar refractivity (Wildman–Crippen MR) is 34.0 cm³/mol. The van der Waals surface area contributed by atoms with E-state index in [0.29, 0.717) is 5.75 Å². The Hall–Kier alpha value is -1.09. The van der Waals surface area contributed by atoms with Crippen LogP contribution in [0.3, 0.4) is 0 Å². The molecule has 0 saturated carbocycles. The summed E-state index contributed by atoms with van der Waals surface area (Å²) in [5, 5.41) is 0. The second-order valence-corrected chi connectivity index (χ2v) is 1.70. The van der Waals surface area contributed by atoms with E-state index in [9.17, 15) is 4.39 Å². The first-order chi connectivity index (χ1) is 4.83. The van der Waals surface area contributed by atoms with Crippen LogP contribution in [-0.4, -0.2) is 7.11 Å². The van der Waals surface area contributed by atoms with Gasteiger partial charge in [-0.15, -0.1) is 0 Å². The van der Waals surface area contributed by atoms with Gasteiger partial charge in [0.05, 0.1) is 7.11 Å². The maximum Gasteiger partial charge on any atom is 0.165 e. The second kappa shape index (κ2) is 3.17. The van der Waals surface area contributed by atoms with Crippen LogP contribution < -0.4 is 4.89 Å². The number of hydrogen-bond donors (Lipinski definition) is 0. The Labute approximate surface area is 58.1 Å². The Kier molecular flexibility index (Phi) is 2.23. The lowest BCUT2D eigenvalue weighted by molar-refractivity contribution is -0.178. The van der Waals surface area contributed by atoms with Gasteiger partial charge >= 0.3 is 0 Å². The van der Waals surface area contributed by atoms with Crippen LogP contribution in [0.5, 0.6) is 5.75 Å². The molecule has 0 radical (unpaired) electrons. The Balaban J connectivity index is 2.69. The second-order valence-electron chi connectivity index (χ2n) is 1.70. The normalized spacial score (nSPS) is 9.40. The van der Waals surface area contributed by atoms with Crippen molar-refractivity contribution in [2.45, 2.75) is 0 Å². The van der Waals surface area contributed by atoms with Crippen LogP contribution in [0, 0.1) is 5.82 Å². The molecular weight excluding hydrogens is 135 g/mol. The first kappa shape index (κ1) is 7.02. The SMILES string of the molecule is COOc1ccc(F)cc1. The molecule has 0 aliphatic rings. The molecule has 0 spiro atoms. The van der Waals surface area contributed by atoms with E-state index in [4.69, 9.17) is 0 Å². The molecule has 0 bridgehead atoms. The maximum absolute atomic E-state index is 12.2. The smallest absolute Gasteiger partial charge is 0.165 e. The van der Waals surface area contributed by atoms with Gasteiger partial charge in [-0.25, -0.2) is 4.39 Å². The summed E-state index contributed by atoms with van der Waals surface area (Å²) in [4.78, 5) is 8.94. The van der Waals surface area contributed by atoms with Crippen molar-refractivity contribution in [3.05, 3.63) is 30.1 Å². The fourth-order valence-electron chi connectivity index (χ4n) is 0.586. The lowest BCUT2D eigenvalue weighted by atomic mass is 10.3. The first-order valence-corrected chi connectivity index (χ1v) is 2.79. The molecule has 0 aromatic heterocycles. The topological polar surface area (TPSA) is 18.5 Å². The van der Waals surface area contributed by atoms with Crippen molar-refractivity contribution in [3.8, 4) is 5.75 Å². The maximum atomic E-state index is 12.2. The van der Waals surface area contributed by atoms with Crippen LogP contribution in [0.15, 0.2) is 24.3 Å². The van der Waals surface area contributed by atoms with Crippen molar-refractivity contribution in [2.24, 2.45) is 0 Å². The summed E-state index contributed by atoms with van der Waals surface area (Å²) >= 11 is 0. The summed E-state index contributed by atoms with van der Waals surface area (Å²) < 4.78 is 12.2. The lowest BCUT2D eigenvalue weighted by Gasteiger charge is -1.97. The van der Waals surface area contributed by atoms with Crippen molar-refractivity contribution >= 4 is 0 Å². The zero-order valence-electron chi connectivity index (χ0n) is 5.50. The number of rotatable bonds is 2. The van der Waals surface area contributed by atoms with Crippen molar-refractivity contribution in [2.75, 3.05) is 7.11 Å². The van der Waals surface area contributed by atoms with Gasteiger partial charge in [-0.2, -0.15) is 4.89 Å². The molecule has 3 heteroatoms. The summed E-state index contributed by atoms with van der Waals surface area (Å²) in [5.74, 6) is 0.201. The molecule has 1 aromatic carbocycles. The van der Waals surface area contributed by atoms with Gasteiger partial charge in [0.25, 0.3) is 0 Å². The van der Waals surface area contributed by atoms with E-state index in [1.165, 1.54) is 31.4 Å². The van der Waals surface area contributed by atoms with Gasteiger partial charge in [0, 0.05) is 0 Å². The Bertz CT molecular complexity index is 195. The molecule has 0 N–H and O–H groups in total. The predicted octanol–water partition coefficient (Wildman–Crippen LogP) is 1.77. The summed E-state index contributed by atoms with van der Waals surface area (Å²) in [7, 11) is 1.39. The average molecular weight is 142 g/mol. The minimum absolute atomic E-state index is 0.288. The van der Waals surface area contributed by atoms with Crippen LogP contribution in [0.4, 0.5) is 4.39 Å². The van der Waals surface area contributed by atoms with Crippen molar-refractivity contribution < 1.29 is 14.2 Å². The Morgan fingerprint density at radius 1 is 1.20 bits per heavy atom. The van der Waals surface area contributed by atoms with E-state index in [2.05, 4.69) is 9.78 Å². The molecule has 0 aliphatic carbocycles. The average Bonchev–Trinajstić information content (AvgIpc) is 1.95. The fourth-order valence-corrected chi connectivity index (χ4v) is 0.586. The van der Waals surface area contributed by atoms with Crippen LogP contribution in [0.25, 0.3) is 0 Å². The van der Waals surface area contributed by atoms with Gasteiger partial charge in [-0.3, -0.25) is 0 Å². The van der Waals surface area contributed by atoms with Crippen LogP contribution in [-0.2, 0) is 4.89 Å². The highest BCUT2D eigenvalue weighted by Crippen LogP contribution is 2.10. The minimum atomic E-state index is -0.288. The van der Waals surface area contributed by atoms with Gasteiger partial charge in [0.2, 0.25) is 0 Å². The molecular formula is C7H7FO2. The first-order valence-electron chi connectivity index (χ1n) is 2.79. The third kappa shape index (κ3) is 1.70.